The van der Waals surface area contributed by atoms with Crippen molar-refractivity contribution in [3.63, 3.8) is 0 Å². The second-order valence-corrected chi connectivity index (χ2v) is 6.73. The fraction of sp³-hybridized carbons (Fsp3) is 0.727. The molecule has 86 valence electrons. The first-order valence-electron chi connectivity index (χ1n) is 5.31. The van der Waals surface area contributed by atoms with Crippen LogP contribution in [-0.4, -0.2) is 27.8 Å². The molecule has 1 saturated heterocycles. The van der Waals surface area contributed by atoms with Crippen molar-refractivity contribution >= 4 is 40.9 Å². The van der Waals surface area contributed by atoms with Gasteiger partial charge in [-0.2, -0.15) is 0 Å². The molecule has 1 aliphatic rings. The Balaban J connectivity index is 2.13. The van der Waals surface area contributed by atoms with Gasteiger partial charge in [-0.25, -0.2) is 0 Å². The maximum Gasteiger partial charge on any atom is 0.157 e. The maximum absolute atomic E-state index is 11.5. The topological polar surface area (TPSA) is 17.1 Å². The number of allylic oxidation sites excluding steroid dienone is 2. The van der Waals surface area contributed by atoms with Gasteiger partial charge >= 0.3 is 0 Å². The highest BCUT2D eigenvalue weighted by Gasteiger charge is 2.16. The lowest BCUT2D eigenvalue weighted by atomic mass is 10.2. The highest BCUT2D eigenvalue weighted by Crippen LogP contribution is 2.32. The predicted octanol–water partition coefficient (Wildman–Crippen LogP) is 3.72. The lowest BCUT2D eigenvalue weighted by Crippen LogP contribution is -2.10. The fourth-order valence-corrected chi connectivity index (χ4v) is 4.31. The Hall–Kier alpha value is 0.400. The molecule has 1 aliphatic heterocycles. The standard InChI is InChI=1S/C11H17ClOS2/c12-6-3-1-2-5-10(13)9-11-14-7-4-8-15-11/h2,5,11H,1,3-4,6-9H2/b5-2+. The van der Waals surface area contributed by atoms with Crippen LogP contribution < -0.4 is 0 Å². The van der Waals surface area contributed by atoms with Crippen molar-refractivity contribution in [3.05, 3.63) is 12.2 Å². The monoisotopic (exact) mass is 264 g/mol. The van der Waals surface area contributed by atoms with E-state index < -0.39 is 0 Å². The van der Waals surface area contributed by atoms with Gasteiger partial charge in [0.25, 0.3) is 0 Å². The van der Waals surface area contributed by atoms with Crippen LogP contribution in [0.4, 0.5) is 0 Å². The minimum atomic E-state index is 0.261. The predicted molar refractivity (Wildman–Crippen MR) is 72.0 cm³/mol. The third kappa shape index (κ3) is 6.54. The molecule has 0 aliphatic carbocycles. The summed E-state index contributed by atoms with van der Waals surface area (Å²) in [5.74, 6) is 3.35. The summed E-state index contributed by atoms with van der Waals surface area (Å²) in [7, 11) is 0. The van der Waals surface area contributed by atoms with Gasteiger partial charge in [0.15, 0.2) is 5.78 Å². The van der Waals surface area contributed by atoms with E-state index in [1.165, 1.54) is 17.9 Å². The number of hydrogen-bond donors (Lipinski definition) is 0. The minimum absolute atomic E-state index is 0.261. The van der Waals surface area contributed by atoms with Crippen molar-refractivity contribution in [1.29, 1.82) is 0 Å². The summed E-state index contributed by atoms with van der Waals surface area (Å²) in [6, 6.07) is 0. The van der Waals surface area contributed by atoms with Crippen LogP contribution in [0.2, 0.25) is 0 Å². The van der Waals surface area contributed by atoms with Crippen molar-refractivity contribution < 1.29 is 4.79 Å². The summed E-state index contributed by atoms with van der Waals surface area (Å²) < 4.78 is 0.490. The normalized spacial score (nSPS) is 18.5. The maximum atomic E-state index is 11.5. The van der Waals surface area contributed by atoms with E-state index in [0.717, 1.165) is 12.8 Å². The average Bonchev–Trinajstić information content (AvgIpc) is 2.26. The van der Waals surface area contributed by atoms with Crippen molar-refractivity contribution in [1.82, 2.24) is 0 Å². The van der Waals surface area contributed by atoms with Crippen molar-refractivity contribution in [3.8, 4) is 0 Å². The van der Waals surface area contributed by atoms with Crippen molar-refractivity contribution in [2.45, 2.75) is 30.3 Å². The molecule has 0 amide bonds. The molecule has 1 nitrogen and oxygen atoms in total. The van der Waals surface area contributed by atoms with Gasteiger partial charge in [-0.05, 0) is 36.8 Å². The van der Waals surface area contributed by atoms with Gasteiger partial charge in [0.1, 0.15) is 0 Å². The van der Waals surface area contributed by atoms with Crippen LogP contribution in [0.15, 0.2) is 12.2 Å². The highest BCUT2D eigenvalue weighted by atomic mass is 35.5. The average molecular weight is 265 g/mol. The van der Waals surface area contributed by atoms with Gasteiger partial charge < -0.3 is 0 Å². The Morgan fingerprint density at radius 1 is 1.40 bits per heavy atom. The van der Waals surface area contributed by atoms with Crippen LogP contribution in [0.1, 0.15) is 25.7 Å². The Labute approximate surface area is 105 Å². The summed E-state index contributed by atoms with van der Waals surface area (Å²) in [4.78, 5) is 11.5. The van der Waals surface area contributed by atoms with Gasteiger partial charge in [-0.3, -0.25) is 4.79 Å². The molecule has 0 unspecified atom stereocenters. The number of halogens is 1. The third-order valence-electron chi connectivity index (χ3n) is 2.07. The molecule has 1 fully saturated rings. The van der Waals surface area contributed by atoms with Crippen LogP contribution in [0.25, 0.3) is 0 Å². The van der Waals surface area contributed by atoms with Crippen LogP contribution in [0.5, 0.6) is 0 Å². The van der Waals surface area contributed by atoms with Crippen molar-refractivity contribution in [2.24, 2.45) is 0 Å². The third-order valence-corrected chi connectivity index (χ3v) is 5.28. The van der Waals surface area contributed by atoms with E-state index in [-0.39, 0.29) is 5.78 Å². The molecule has 4 heteroatoms. The van der Waals surface area contributed by atoms with Crippen LogP contribution >= 0.6 is 35.1 Å². The first-order chi connectivity index (χ1) is 7.33. The second-order valence-electron chi connectivity index (χ2n) is 3.43. The first-order valence-corrected chi connectivity index (χ1v) is 7.94. The second kappa shape index (κ2) is 8.54. The number of carbonyl (C=O) groups excluding carboxylic acids is 1. The van der Waals surface area contributed by atoms with Gasteiger partial charge in [-0.15, -0.1) is 35.1 Å². The first kappa shape index (κ1) is 13.5. The summed E-state index contributed by atoms with van der Waals surface area (Å²) in [6.07, 6.45) is 7.52. The molecule has 0 atom stereocenters. The Morgan fingerprint density at radius 2 is 2.13 bits per heavy atom. The van der Waals surface area contributed by atoms with E-state index in [9.17, 15) is 4.79 Å². The molecule has 1 rings (SSSR count). The molecule has 0 N–H and O–H groups in total. The van der Waals surface area contributed by atoms with E-state index in [4.69, 9.17) is 11.6 Å². The SMILES string of the molecule is O=C(/C=C/CCCCl)CC1SCCCS1. The Morgan fingerprint density at radius 3 is 2.80 bits per heavy atom. The number of alkyl halides is 1. The zero-order valence-corrected chi connectivity index (χ0v) is 11.2. The Bertz CT molecular complexity index is 213. The molecule has 0 spiro atoms. The number of unbranched alkanes of at least 4 members (excludes halogenated alkanes) is 1. The molecule has 1 heterocycles. The number of thioether (sulfide) groups is 2. The Kier molecular flexibility index (Phi) is 7.67. The smallest absolute Gasteiger partial charge is 0.157 e. The van der Waals surface area contributed by atoms with Gasteiger partial charge in [0.2, 0.25) is 0 Å². The number of carbonyl (C=O) groups is 1. The van der Waals surface area contributed by atoms with Crippen molar-refractivity contribution in [2.75, 3.05) is 17.4 Å². The number of hydrogen-bond acceptors (Lipinski definition) is 3. The molecule has 0 bridgehead atoms. The lowest BCUT2D eigenvalue weighted by Gasteiger charge is -2.19. The van der Waals surface area contributed by atoms with Gasteiger partial charge in [0.05, 0.1) is 4.58 Å². The zero-order chi connectivity index (χ0) is 10.9. The minimum Gasteiger partial charge on any atom is -0.295 e. The van der Waals surface area contributed by atoms with Crippen LogP contribution in [0, 0.1) is 0 Å². The zero-order valence-electron chi connectivity index (χ0n) is 8.78. The summed E-state index contributed by atoms with van der Waals surface area (Å²) in [5.41, 5.74) is 0. The number of ketones is 1. The summed E-state index contributed by atoms with van der Waals surface area (Å²) >= 11 is 9.39. The fourth-order valence-electron chi connectivity index (χ4n) is 1.30. The molecule has 0 aromatic rings. The van der Waals surface area contributed by atoms with Crippen LogP contribution in [0.3, 0.4) is 0 Å². The van der Waals surface area contributed by atoms with Gasteiger partial charge in [0, 0.05) is 12.3 Å². The van der Waals surface area contributed by atoms with Crippen LogP contribution in [-0.2, 0) is 4.79 Å². The van der Waals surface area contributed by atoms with Gasteiger partial charge in [-0.1, -0.05) is 6.08 Å². The lowest BCUT2D eigenvalue weighted by molar-refractivity contribution is -0.114. The largest absolute Gasteiger partial charge is 0.295 e. The van der Waals surface area contributed by atoms with E-state index in [2.05, 4.69) is 0 Å². The summed E-state index contributed by atoms with van der Waals surface area (Å²) in [5, 5.41) is 0. The van der Waals surface area contributed by atoms with E-state index in [0.29, 0.717) is 16.9 Å². The molecular formula is C11H17ClOS2. The molecule has 0 saturated carbocycles. The number of rotatable bonds is 6. The highest BCUT2D eigenvalue weighted by molar-refractivity contribution is 8.17. The quantitative estimate of drug-likeness (QED) is 0.414. The van der Waals surface area contributed by atoms with E-state index in [1.54, 1.807) is 6.08 Å². The van der Waals surface area contributed by atoms with E-state index in [1.807, 2.05) is 29.6 Å². The van der Waals surface area contributed by atoms with E-state index >= 15 is 0 Å². The molecule has 0 aromatic heterocycles. The molecular weight excluding hydrogens is 248 g/mol. The molecule has 0 aromatic carbocycles. The molecule has 15 heavy (non-hydrogen) atoms. The molecule has 0 radical (unpaired) electrons. The summed E-state index contributed by atoms with van der Waals surface area (Å²) in [6.45, 7) is 0.